The van der Waals surface area contributed by atoms with Gasteiger partial charge < -0.3 is 5.32 Å². The number of sulfonamides is 1. The molecule has 5 heteroatoms. The molecule has 2 N–H and O–H groups in total. The summed E-state index contributed by atoms with van der Waals surface area (Å²) in [5, 5.41) is 3.40. The van der Waals surface area contributed by atoms with Crippen LogP contribution in [0.15, 0.2) is 0 Å². The Balaban J connectivity index is 2.30. The molecule has 102 valence electrons. The summed E-state index contributed by atoms with van der Waals surface area (Å²) in [7, 11) is -3.08. The van der Waals surface area contributed by atoms with Crippen molar-refractivity contribution < 1.29 is 8.42 Å². The molecule has 0 heterocycles. The van der Waals surface area contributed by atoms with E-state index in [1.54, 1.807) is 6.92 Å². The molecule has 0 aromatic rings. The van der Waals surface area contributed by atoms with Crippen LogP contribution in [-0.2, 0) is 10.0 Å². The van der Waals surface area contributed by atoms with Crippen molar-refractivity contribution in [3.8, 4) is 0 Å². The Morgan fingerprint density at radius 3 is 2.59 bits per heavy atom. The second-order valence-electron chi connectivity index (χ2n) is 5.27. The van der Waals surface area contributed by atoms with Gasteiger partial charge in [0.1, 0.15) is 0 Å². The SMILES string of the molecule is CCNS(=O)(=O)CCNC1CC(C)CCC1C. The highest BCUT2D eigenvalue weighted by atomic mass is 32.2. The van der Waals surface area contributed by atoms with E-state index in [4.69, 9.17) is 0 Å². The fourth-order valence-electron chi connectivity index (χ4n) is 2.49. The van der Waals surface area contributed by atoms with Crippen molar-refractivity contribution >= 4 is 10.0 Å². The van der Waals surface area contributed by atoms with Crippen LogP contribution in [0.5, 0.6) is 0 Å². The van der Waals surface area contributed by atoms with Crippen molar-refractivity contribution in [3.63, 3.8) is 0 Å². The Bertz CT molecular complexity index is 316. The number of hydrogen-bond donors (Lipinski definition) is 2. The first-order chi connectivity index (χ1) is 7.94. The van der Waals surface area contributed by atoms with Crippen LogP contribution in [-0.4, -0.2) is 33.3 Å². The van der Waals surface area contributed by atoms with Crippen LogP contribution in [0.1, 0.15) is 40.0 Å². The van der Waals surface area contributed by atoms with Gasteiger partial charge in [0.25, 0.3) is 0 Å². The second kappa shape index (κ2) is 6.71. The zero-order chi connectivity index (χ0) is 12.9. The maximum Gasteiger partial charge on any atom is 0.212 e. The van der Waals surface area contributed by atoms with Crippen LogP contribution in [0.2, 0.25) is 0 Å². The van der Waals surface area contributed by atoms with Crippen molar-refractivity contribution in [2.24, 2.45) is 11.8 Å². The molecule has 1 aliphatic carbocycles. The van der Waals surface area contributed by atoms with Gasteiger partial charge in [-0.05, 0) is 24.7 Å². The topological polar surface area (TPSA) is 58.2 Å². The zero-order valence-electron chi connectivity index (χ0n) is 11.2. The maximum absolute atomic E-state index is 11.5. The summed E-state index contributed by atoms with van der Waals surface area (Å²) in [5.74, 6) is 1.60. The van der Waals surface area contributed by atoms with Crippen molar-refractivity contribution in [3.05, 3.63) is 0 Å². The molecule has 4 nitrogen and oxygen atoms in total. The predicted molar refractivity (Wildman–Crippen MR) is 71.4 cm³/mol. The van der Waals surface area contributed by atoms with Crippen LogP contribution < -0.4 is 10.0 Å². The Labute approximate surface area is 106 Å². The summed E-state index contributed by atoms with van der Waals surface area (Å²) in [6, 6.07) is 0.482. The molecule has 0 amide bonds. The monoisotopic (exact) mass is 262 g/mol. The van der Waals surface area contributed by atoms with Crippen LogP contribution in [0, 0.1) is 11.8 Å². The fraction of sp³-hybridized carbons (Fsp3) is 1.00. The van der Waals surface area contributed by atoms with Gasteiger partial charge in [0.2, 0.25) is 10.0 Å². The summed E-state index contributed by atoms with van der Waals surface area (Å²) in [6.45, 7) is 7.35. The Morgan fingerprint density at radius 1 is 1.24 bits per heavy atom. The van der Waals surface area contributed by atoms with Gasteiger partial charge in [-0.3, -0.25) is 0 Å². The second-order valence-corrected chi connectivity index (χ2v) is 7.20. The van der Waals surface area contributed by atoms with Crippen LogP contribution in [0.3, 0.4) is 0 Å². The van der Waals surface area contributed by atoms with Crippen LogP contribution >= 0.6 is 0 Å². The molecular weight excluding hydrogens is 236 g/mol. The van der Waals surface area contributed by atoms with E-state index in [1.807, 2.05) is 0 Å². The summed E-state index contributed by atoms with van der Waals surface area (Å²) in [4.78, 5) is 0. The molecule has 1 rings (SSSR count). The highest BCUT2D eigenvalue weighted by molar-refractivity contribution is 7.89. The lowest BCUT2D eigenvalue weighted by molar-refractivity contribution is 0.231. The van der Waals surface area contributed by atoms with Crippen molar-refractivity contribution in [1.82, 2.24) is 10.0 Å². The molecule has 0 radical (unpaired) electrons. The average Bonchev–Trinajstić information content (AvgIpc) is 2.23. The van der Waals surface area contributed by atoms with Gasteiger partial charge in [-0.2, -0.15) is 0 Å². The molecule has 3 unspecified atom stereocenters. The van der Waals surface area contributed by atoms with Gasteiger partial charge >= 0.3 is 0 Å². The minimum atomic E-state index is -3.08. The molecule has 0 aromatic heterocycles. The quantitative estimate of drug-likeness (QED) is 0.759. The molecule has 0 saturated heterocycles. The largest absolute Gasteiger partial charge is 0.313 e. The zero-order valence-corrected chi connectivity index (χ0v) is 12.0. The Hall–Kier alpha value is -0.130. The van der Waals surface area contributed by atoms with Gasteiger partial charge in [0, 0.05) is 19.1 Å². The molecular formula is C12H26N2O2S. The molecule has 0 aromatic carbocycles. The molecule has 17 heavy (non-hydrogen) atoms. The Morgan fingerprint density at radius 2 is 1.94 bits per heavy atom. The van der Waals surface area contributed by atoms with E-state index in [1.165, 1.54) is 19.3 Å². The molecule has 0 spiro atoms. The highest BCUT2D eigenvalue weighted by Gasteiger charge is 2.25. The lowest BCUT2D eigenvalue weighted by Gasteiger charge is -2.33. The number of rotatable bonds is 6. The van der Waals surface area contributed by atoms with Crippen molar-refractivity contribution in [2.45, 2.75) is 46.1 Å². The van der Waals surface area contributed by atoms with E-state index < -0.39 is 10.0 Å². The summed E-state index contributed by atoms with van der Waals surface area (Å²) < 4.78 is 25.4. The lowest BCUT2D eigenvalue weighted by Crippen LogP contribution is -2.42. The Kier molecular flexibility index (Phi) is 5.89. The van der Waals surface area contributed by atoms with Crippen LogP contribution in [0.4, 0.5) is 0 Å². The first kappa shape index (κ1) is 14.9. The smallest absolute Gasteiger partial charge is 0.212 e. The minimum Gasteiger partial charge on any atom is -0.313 e. The van der Waals surface area contributed by atoms with E-state index in [0.29, 0.717) is 25.0 Å². The number of nitrogens with one attached hydrogen (secondary N) is 2. The third-order valence-corrected chi connectivity index (χ3v) is 5.07. The third kappa shape index (κ3) is 5.36. The van der Waals surface area contributed by atoms with E-state index in [0.717, 1.165) is 5.92 Å². The van der Waals surface area contributed by atoms with E-state index in [-0.39, 0.29) is 5.75 Å². The summed E-state index contributed by atoms with van der Waals surface area (Å²) in [6.07, 6.45) is 3.72. The molecule has 3 atom stereocenters. The standard InChI is InChI=1S/C12H26N2O2S/c1-4-14-17(15,16)8-7-13-12-9-10(2)5-6-11(12)3/h10-14H,4-9H2,1-3H3. The number of hydrogen-bond acceptors (Lipinski definition) is 3. The van der Waals surface area contributed by atoms with E-state index in [9.17, 15) is 8.42 Å². The first-order valence-corrected chi connectivity index (χ1v) is 8.30. The maximum atomic E-state index is 11.5. The van der Waals surface area contributed by atoms with E-state index >= 15 is 0 Å². The minimum absolute atomic E-state index is 0.179. The van der Waals surface area contributed by atoms with Crippen LogP contribution in [0.25, 0.3) is 0 Å². The lowest BCUT2D eigenvalue weighted by atomic mass is 9.80. The fourth-order valence-corrected chi connectivity index (χ4v) is 3.46. The van der Waals surface area contributed by atoms with Crippen molar-refractivity contribution in [1.29, 1.82) is 0 Å². The van der Waals surface area contributed by atoms with Gasteiger partial charge in [0.05, 0.1) is 5.75 Å². The van der Waals surface area contributed by atoms with Gasteiger partial charge in [-0.15, -0.1) is 0 Å². The normalized spacial score (nSPS) is 30.4. The predicted octanol–water partition coefficient (Wildman–Crippen LogP) is 1.34. The third-order valence-electron chi connectivity index (χ3n) is 3.60. The highest BCUT2D eigenvalue weighted by Crippen LogP contribution is 2.28. The van der Waals surface area contributed by atoms with Gasteiger partial charge in [-0.25, -0.2) is 13.1 Å². The molecule has 1 aliphatic rings. The molecule has 1 saturated carbocycles. The summed E-state index contributed by atoms with van der Waals surface area (Å²) in [5.41, 5.74) is 0. The first-order valence-electron chi connectivity index (χ1n) is 6.65. The average molecular weight is 262 g/mol. The van der Waals surface area contributed by atoms with E-state index in [2.05, 4.69) is 23.9 Å². The van der Waals surface area contributed by atoms with Gasteiger partial charge in [-0.1, -0.05) is 27.2 Å². The summed E-state index contributed by atoms with van der Waals surface area (Å²) >= 11 is 0. The molecule has 0 aliphatic heterocycles. The molecule has 1 fully saturated rings. The van der Waals surface area contributed by atoms with Gasteiger partial charge in [0.15, 0.2) is 0 Å². The van der Waals surface area contributed by atoms with Crippen molar-refractivity contribution in [2.75, 3.05) is 18.8 Å². The molecule has 0 bridgehead atoms.